The van der Waals surface area contributed by atoms with Crippen LogP contribution in [0.3, 0.4) is 0 Å². The summed E-state index contributed by atoms with van der Waals surface area (Å²) in [6, 6.07) is 15.5. The van der Waals surface area contributed by atoms with Crippen molar-refractivity contribution in [3.05, 3.63) is 68.8 Å². The molecule has 1 nitrogen and oxygen atoms in total. The van der Waals surface area contributed by atoms with Gasteiger partial charge in [0.05, 0.1) is 0 Å². The summed E-state index contributed by atoms with van der Waals surface area (Å²) in [7, 11) is 0. The largest absolute Gasteiger partial charge is 0.289 e. The zero-order valence-corrected chi connectivity index (χ0v) is 11.8. The monoisotopic (exact) mass is 336 g/mol. The fourth-order valence-electron chi connectivity index (χ4n) is 1.66. The Morgan fingerprint density at radius 2 is 1.41 bits per heavy atom. The lowest BCUT2D eigenvalue weighted by Crippen LogP contribution is -2.01. The second-order valence-electron chi connectivity index (χ2n) is 3.89. The summed E-state index contributed by atoms with van der Waals surface area (Å²) in [6.07, 6.45) is 0.998. The lowest BCUT2D eigenvalue weighted by atomic mass is 10.0. The summed E-state index contributed by atoms with van der Waals surface area (Å²) < 4.78 is 1.14. The molecular formula is C15H13IO. The third kappa shape index (κ3) is 2.94. The van der Waals surface area contributed by atoms with Crippen molar-refractivity contribution in [2.75, 3.05) is 0 Å². The predicted octanol–water partition coefficient (Wildman–Crippen LogP) is 4.08. The van der Waals surface area contributed by atoms with Gasteiger partial charge in [-0.15, -0.1) is 0 Å². The molecule has 0 N–H and O–H groups in total. The van der Waals surface area contributed by atoms with E-state index < -0.39 is 0 Å². The Labute approximate surface area is 115 Å². The second kappa shape index (κ2) is 5.45. The number of carbonyl (C=O) groups is 1. The SMILES string of the molecule is CCc1ccc(C(=O)c2ccc(I)cc2)cc1. The second-order valence-corrected chi connectivity index (χ2v) is 5.13. The van der Waals surface area contributed by atoms with Crippen molar-refractivity contribution in [3.8, 4) is 0 Å². The van der Waals surface area contributed by atoms with E-state index in [0.29, 0.717) is 0 Å². The van der Waals surface area contributed by atoms with Gasteiger partial charge >= 0.3 is 0 Å². The molecule has 86 valence electrons. The van der Waals surface area contributed by atoms with Crippen molar-refractivity contribution in [1.29, 1.82) is 0 Å². The molecule has 2 rings (SSSR count). The van der Waals surface area contributed by atoms with Gasteiger partial charge in [-0.3, -0.25) is 4.79 Å². The number of ketones is 1. The molecule has 0 heterocycles. The molecule has 2 heteroatoms. The molecule has 0 atom stereocenters. The van der Waals surface area contributed by atoms with Crippen molar-refractivity contribution in [3.63, 3.8) is 0 Å². The quantitative estimate of drug-likeness (QED) is 0.610. The summed E-state index contributed by atoms with van der Waals surface area (Å²) >= 11 is 2.23. The smallest absolute Gasteiger partial charge is 0.193 e. The van der Waals surface area contributed by atoms with E-state index >= 15 is 0 Å². The fraction of sp³-hybridized carbons (Fsp3) is 0.133. The molecule has 2 aromatic carbocycles. The van der Waals surface area contributed by atoms with Gasteiger partial charge in [-0.2, -0.15) is 0 Å². The number of rotatable bonds is 3. The van der Waals surface area contributed by atoms with Gasteiger partial charge in [0.2, 0.25) is 0 Å². The van der Waals surface area contributed by atoms with Crippen molar-refractivity contribution >= 4 is 28.4 Å². The van der Waals surface area contributed by atoms with Gasteiger partial charge in [-0.25, -0.2) is 0 Å². The molecule has 0 fully saturated rings. The average molecular weight is 336 g/mol. The molecule has 0 aliphatic carbocycles. The zero-order chi connectivity index (χ0) is 12.3. The van der Waals surface area contributed by atoms with E-state index in [1.807, 2.05) is 48.5 Å². The van der Waals surface area contributed by atoms with E-state index in [4.69, 9.17) is 0 Å². The minimum Gasteiger partial charge on any atom is -0.289 e. The highest BCUT2D eigenvalue weighted by molar-refractivity contribution is 14.1. The van der Waals surface area contributed by atoms with Crippen LogP contribution in [-0.2, 0) is 6.42 Å². The molecule has 0 aliphatic heterocycles. The maximum atomic E-state index is 12.2. The number of benzene rings is 2. The van der Waals surface area contributed by atoms with E-state index in [1.165, 1.54) is 5.56 Å². The topological polar surface area (TPSA) is 17.1 Å². The van der Waals surface area contributed by atoms with E-state index in [-0.39, 0.29) is 5.78 Å². The lowest BCUT2D eigenvalue weighted by molar-refractivity contribution is 0.103. The normalized spacial score (nSPS) is 10.2. The summed E-state index contributed by atoms with van der Waals surface area (Å²) in [5.41, 5.74) is 2.75. The third-order valence-corrected chi connectivity index (χ3v) is 3.45. The highest BCUT2D eigenvalue weighted by Gasteiger charge is 2.08. The molecular weight excluding hydrogens is 323 g/mol. The number of halogens is 1. The van der Waals surface area contributed by atoms with Crippen LogP contribution in [0.25, 0.3) is 0 Å². The number of hydrogen-bond acceptors (Lipinski definition) is 1. The highest BCUT2D eigenvalue weighted by atomic mass is 127. The van der Waals surface area contributed by atoms with Gasteiger partial charge in [-0.1, -0.05) is 31.2 Å². The summed E-state index contributed by atoms with van der Waals surface area (Å²) in [5.74, 6) is 0.0871. The molecule has 0 saturated carbocycles. The Hall–Kier alpha value is -1.16. The fourth-order valence-corrected chi connectivity index (χ4v) is 2.02. The first-order valence-corrected chi connectivity index (χ1v) is 6.68. The maximum Gasteiger partial charge on any atom is 0.193 e. The molecule has 0 unspecified atom stereocenters. The Balaban J connectivity index is 2.27. The standard InChI is InChI=1S/C15H13IO/c1-2-11-3-5-12(6-4-11)15(17)13-7-9-14(16)10-8-13/h3-10H,2H2,1H3. The van der Waals surface area contributed by atoms with Gasteiger partial charge in [0, 0.05) is 14.7 Å². The Morgan fingerprint density at radius 3 is 1.88 bits per heavy atom. The molecule has 0 saturated heterocycles. The van der Waals surface area contributed by atoms with Crippen molar-refractivity contribution in [2.24, 2.45) is 0 Å². The molecule has 0 aromatic heterocycles. The Morgan fingerprint density at radius 1 is 0.941 bits per heavy atom. The van der Waals surface area contributed by atoms with Gasteiger partial charge in [-0.05, 0) is 58.8 Å². The first-order valence-electron chi connectivity index (χ1n) is 5.60. The lowest BCUT2D eigenvalue weighted by Gasteiger charge is -2.02. The molecule has 17 heavy (non-hydrogen) atoms. The number of aryl methyl sites for hydroxylation is 1. The van der Waals surface area contributed by atoms with Crippen LogP contribution >= 0.6 is 22.6 Å². The van der Waals surface area contributed by atoms with E-state index in [2.05, 4.69) is 29.5 Å². The van der Waals surface area contributed by atoms with Crippen LogP contribution in [0.15, 0.2) is 48.5 Å². The summed E-state index contributed by atoms with van der Waals surface area (Å²) in [4.78, 5) is 12.2. The number of hydrogen-bond donors (Lipinski definition) is 0. The van der Waals surface area contributed by atoms with Crippen LogP contribution in [0, 0.1) is 3.57 Å². The van der Waals surface area contributed by atoms with E-state index in [9.17, 15) is 4.79 Å². The molecule has 0 aliphatic rings. The minimum absolute atomic E-state index is 0.0871. The molecule has 0 bridgehead atoms. The van der Waals surface area contributed by atoms with E-state index in [1.54, 1.807) is 0 Å². The molecule has 0 radical (unpaired) electrons. The summed E-state index contributed by atoms with van der Waals surface area (Å²) in [5, 5.41) is 0. The van der Waals surface area contributed by atoms with Gasteiger partial charge < -0.3 is 0 Å². The van der Waals surface area contributed by atoms with Crippen LogP contribution in [0.2, 0.25) is 0 Å². The zero-order valence-electron chi connectivity index (χ0n) is 9.61. The minimum atomic E-state index is 0.0871. The van der Waals surface area contributed by atoms with Gasteiger partial charge in [0.1, 0.15) is 0 Å². The first-order chi connectivity index (χ1) is 8.20. The van der Waals surface area contributed by atoms with Gasteiger partial charge in [0.25, 0.3) is 0 Å². The predicted molar refractivity (Wildman–Crippen MR) is 78.4 cm³/mol. The van der Waals surface area contributed by atoms with Crippen LogP contribution in [-0.4, -0.2) is 5.78 Å². The van der Waals surface area contributed by atoms with Crippen LogP contribution in [0.4, 0.5) is 0 Å². The summed E-state index contributed by atoms with van der Waals surface area (Å²) in [6.45, 7) is 2.11. The van der Waals surface area contributed by atoms with Crippen LogP contribution < -0.4 is 0 Å². The van der Waals surface area contributed by atoms with Crippen molar-refractivity contribution < 1.29 is 4.79 Å². The molecule has 0 spiro atoms. The Kier molecular flexibility index (Phi) is 3.94. The molecule has 2 aromatic rings. The van der Waals surface area contributed by atoms with Crippen molar-refractivity contribution in [1.82, 2.24) is 0 Å². The van der Waals surface area contributed by atoms with Crippen LogP contribution in [0.1, 0.15) is 28.4 Å². The highest BCUT2D eigenvalue weighted by Crippen LogP contribution is 2.13. The third-order valence-electron chi connectivity index (χ3n) is 2.73. The maximum absolute atomic E-state index is 12.2. The van der Waals surface area contributed by atoms with E-state index in [0.717, 1.165) is 21.1 Å². The Bertz CT molecular complexity index is 512. The van der Waals surface area contributed by atoms with Crippen molar-refractivity contribution in [2.45, 2.75) is 13.3 Å². The first kappa shape index (κ1) is 12.3. The van der Waals surface area contributed by atoms with Gasteiger partial charge in [0.15, 0.2) is 5.78 Å². The average Bonchev–Trinajstić information content (AvgIpc) is 2.39. The number of carbonyl (C=O) groups excluding carboxylic acids is 1. The molecule has 0 amide bonds. The van der Waals surface area contributed by atoms with Crippen LogP contribution in [0.5, 0.6) is 0 Å².